The van der Waals surface area contributed by atoms with Crippen LogP contribution in [0.5, 0.6) is 0 Å². The number of aryl methyl sites for hydroxylation is 1. The standard InChI is InChI=1S/C14H23N3/c1-11(2)6-7-13-5-4-8-17(13)14-9-12(3)15-10-16-14/h9-11,13H,4-8H2,1-3H3. The van der Waals surface area contributed by atoms with Crippen molar-refractivity contribution in [3.8, 4) is 0 Å². The summed E-state index contributed by atoms with van der Waals surface area (Å²) in [6, 6.07) is 2.79. The molecule has 3 heteroatoms. The van der Waals surface area contributed by atoms with Crippen LogP contribution in [-0.4, -0.2) is 22.6 Å². The van der Waals surface area contributed by atoms with E-state index in [1.54, 1.807) is 6.33 Å². The smallest absolute Gasteiger partial charge is 0.132 e. The normalized spacial score (nSPS) is 20.2. The van der Waals surface area contributed by atoms with Gasteiger partial charge >= 0.3 is 0 Å². The minimum Gasteiger partial charge on any atom is -0.354 e. The zero-order valence-corrected chi connectivity index (χ0v) is 11.2. The molecule has 0 N–H and O–H groups in total. The maximum absolute atomic E-state index is 4.41. The van der Waals surface area contributed by atoms with Crippen LogP contribution in [-0.2, 0) is 0 Å². The summed E-state index contributed by atoms with van der Waals surface area (Å²) in [7, 11) is 0. The van der Waals surface area contributed by atoms with Crippen LogP contribution in [0.25, 0.3) is 0 Å². The van der Waals surface area contributed by atoms with Gasteiger partial charge in [-0.05, 0) is 38.5 Å². The average molecular weight is 233 g/mol. The van der Waals surface area contributed by atoms with Gasteiger partial charge in [0.15, 0.2) is 0 Å². The number of hydrogen-bond acceptors (Lipinski definition) is 3. The van der Waals surface area contributed by atoms with Gasteiger partial charge in [-0.25, -0.2) is 9.97 Å². The molecule has 0 amide bonds. The Morgan fingerprint density at radius 1 is 1.41 bits per heavy atom. The van der Waals surface area contributed by atoms with Gasteiger partial charge in [-0.2, -0.15) is 0 Å². The van der Waals surface area contributed by atoms with E-state index in [-0.39, 0.29) is 0 Å². The molecule has 0 radical (unpaired) electrons. The van der Waals surface area contributed by atoms with Gasteiger partial charge in [0.1, 0.15) is 12.1 Å². The molecule has 0 aliphatic carbocycles. The number of rotatable bonds is 4. The molecule has 1 aliphatic rings. The van der Waals surface area contributed by atoms with Gasteiger partial charge in [0.2, 0.25) is 0 Å². The number of anilines is 1. The first-order valence-electron chi connectivity index (χ1n) is 6.72. The molecule has 0 saturated carbocycles. The largest absolute Gasteiger partial charge is 0.354 e. The van der Waals surface area contributed by atoms with Crippen LogP contribution < -0.4 is 4.90 Å². The highest BCUT2D eigenvalue weighted by Gasteiger charge is 2.25. The molecule has 1 aromatic rings. The average Bonchev–Trinajstić information content (AvgIpc) is 2.74. The molecule has 1 saturated heterocycles. The molecule has 1 unspecified atom stereocenters. The fourth-order valence-electron chi connectivity index (χ4n) is 2.56. The Morgan fingerprint density at radius 3 is 2.94 bits per heavy atom. The predicted octanol–water partition coefficient (Wildman–Crippen LogP) is 3.19. The van der Waals surface area contributed by atoms with Gasteiger partial charge in [0.25, 0.3) is 0 Å². The first-order chi connectivity index (χ1) is 8.16. The van der Waals surface area contributed by atoms with E-state index in [4.69, 9.17) is 0 Å². The highest BCUT2D eigenvalue weighted by atomic mass is 15.2. The summed E-state index contributed by atoms with van der Waals surface area (Å²) in [4.78, 5) is 11.1. The molecule has 2 rings (SSSR count). The maximum atomic E-state index is 4.41. The molecular formula is C14H23N3. The second-order valence-corrected chi connectivity index (χ2v) is 5.48. The second-order valence-electron chi connectivity index (χ2n) is 5.48. The van der Waals surface area contributed by atoms with Crippen LogP contribution in [0.3, 0.4) is 0 Å². The summed E-state index contributed by atoms with van der Waals surface area (Å²) in [5.41, 5.74) is 1.06. The third-order valence-electron chi connectivity index (χ3n) is 3.54. The van der Waals surface area contributed by atoms with Crippen molar-refractivity contribution in [1.82, 2.24) is 9.97 Å². The van der Waals surface area contributed by atoms with Crippen LogP contribution in [0.1, 0.15) is 45.2 Å². The Hall–Kier alpha value is -1.12. The van der Waals surface area contributed by atoms with Gasteiger partial charge < -0.3 is 4.90 Å². The predicted molar refractivity (Wildman–Crippen MR) is 71.2 cm³/mol. The highest BCUT2D eigenvalue weighted by molar-refractivity contribution is 5.41. The first kappa shape index (κ1) is 12.3. The molecule has 94 valence electrons. The van der Waals surface area contributed by atoms with Crippen LogP contribution in [0.15, 0.2) is 12.4 Å². The van der Waals surface area contributed by atoms with Gasteiger partial charge in [-0.1, -0.05) is 13.8 Å². The topological polar surface area (TPSA) is 29.0 Å². The van der Waals surface area contributed by atoms with Crippen molar-refractivity contribution in [3.05, 3.63) is 18.1 Å². The van der Waals surface area contributed by atoms with Crippen molar-refractivity contribution in [2.45, 2.75) is 52.5 Å². The fourth-order valence-corrected chi connectivity index (χ4v) is 2.56. The maximum Gasteiger partial charge on any atom is 0.132 e. The second kappa shape index (κ2) is 5.48. The zero-order valence-electron chi connectivity index (χ0n) is 11.2. The van der Waals surface area contributed by atoms with Crippen molar-refractivity contribution in [2.24, 2.45) is 5.92 Å². The Bertz CT molecular complexity index is 362. The Labute approximate surface area is 104 Å². The van der Waals surface area contributed by atoms with E-state index in [2.05, 4.69) is 34.8 Å². The van der Waals surface area contributed by atoms with Crippen LogP contribution >= 0.6 is 0 Å². The van der Waals surface area contributed by atoms with Crippen molar-refractivity contribution < 1.29 is 0 Å². The quantitative estimate of drug-likeness (QED) is 0.799. The monoisotopic (exact) mass is 233 g/mol. The van der Waals surface area contributed by atoms with E-state index < -0.39 is 0 Å². The van der Waals surface area contributed by atoms with Gasteiger partial charge in [0, 0.05) is 24.3 Å². The lowest BCUT2D eigenvalue weighted by molar-refractivity contribution is 0.494. The van der Waals surface area contributed by atoms with E-state index in [0.717, 1.165) is 24.0 Å². The third-order valence-corrected chi connectivity index (χ3v) is 3.54. The summed E-state index contributed by atoms with van der Waals surface area (Å²) in [5, 5.41) is 0. The van der Waals surface area contributed by atoms with E-state index in [0.29, 0.717) is 6.04 Å². The summed E-state index contributed by atoms with van der Waals surface area (Å²) in [5.74, 6) is 1.91. The van der Waals surface area contributed by atoms with Crippen molar-refractivity contribution in [2.75, 3.05) is 11.4 Å². The molecule has 0 aromatic carbocycles. The molecule has 3 nitrogen and oxygen atoms in total. The molecule has 1 aromatic heterocycles. The summed E-state index contributed by atoms with van der Waals surface area (Å²) in [6.07, 6.45) is 6.90. The molecule has 0 spiro atoms. The molecule has 1 atom stereocenters. The minimum atomic E-state index is 0.687. The van der Waals surface area contributed by atoms with Crippen LogP contribution in [0.4, 0.5) is 5.82 Å². The van der Waals surface area contributed by atoms with Crippen molar-refractivity contribution in [3.63, 3.8) is 0 Å². The fraction of sp³-hybridized carbons (Fsp3) is 0.714. The highest BCUT2D eigenvalue weighted by Crippen LogP contribution is 2.27. The van der Waals surface area contributed by atoms with Crippen molar-refractivity contribution >= 4 is 5.82 Å². The Morgan fingerprint density at radius 2 is 2.24 bits per heavy atom. The lowest BCUT2D eigenvalue weighted by atomic mass is 10.0. The van der Waals surface area contributed by atoms with Gasteiger partial charge in [-0.15, -0.1) is 0 Å². The Kier molecular flexibility index (Phi) is 3.97. The first-order valence-corrected chi connectivity index (χ1v) is 6.72. The lowest BCUT2D eigenvalue weighted by Crippen LogP contribution is -2.30. The van der Waals surface area contributed by atoms with E-state index in [1.807, 2.05) is 6.92 Å². The molecule has 17 heavy (non-hydrogen) atoms. The summed E-state index contributed by atoms with van der Waals surface area (Å²) in [6.45, 7) is 7.78. The molecule has 1 aliphatic heterocycles. The van der Waals surface area contributed by atoms with E-state index >= 15 is 0 Å². The molecule has 0 bridgehead atoms. The number of aromatic nitrogens is 2. The lowest BCUT2D eigenvalue weighted by Gasteiger charge is -2.26. The van der Waals surface area contributed by atoms with E-state index in [9.17, 15) is 0 Å². The number of nitrogens with zero attached hydrogens (tertiary/aromatic N) is 3. The summed E-state index contributed by atoms with van der Waals surface area (Å²) < 4.78 is 0. The van der Waals surface area contributed by atoms with Crippen molar-refractivity contribution in [1.29, 1.82) is 0 Å². The SMILES string of the molecule is Cc1cc(N2CCCC2CCC(C)C)ncn1. The Balaban J connectivity index is 2.04. The molecule has 1 fully saturated rings. The van der Waals surface area contributed by atoms with Crippen LogP contribution in [0, 0.1) is 12.8 Å². The number of hydrogen-bond donors (Lipinski definition) is 0. The minimum absolute atomic E-state index is 0.687. The molecular weight excluding hydrogens is 210 g/mol. The molecule has 2 heterocycles. The van der Waals surface area contributed by atoms with Gasteiger partial charge in [0.05, 0.1) is 0 Å². The summed E-state index contributed by atoms with van der Waals surface area (Å²) >= 11 is 0. The van der Waals surface area contributed by atoms with Crippen LogP contribution in [0.2, 0.25) is 0 Å². The van der Waals surface area contributed by atoms with E-state index in [1.165, 1.54) is 25.7 Å². The van der Waals surface area contributed by atoms with Gasteiger partial charge in [-0.3, -0.25) is 0 Å². The third kappa shape index (κ3) is 3.18. The zero-order chi connectivity index (χ0) is 12.3.